The monoisotopic (exact) mass is 297 g/mol. The van der Waals surface area contributed by atoms with E-state index >= 15 is 0 Å². The number of nitrogens with zero attached hydrogens (tertiary/aromatic N) is 1. The van der Waals surface area contributed by atoms with Gasteiger partial charge < -0.3 is 16.0 Å². The molecule has 21 heavy (non-hydrogen) atoms. The van der Waals surface area contributed by atoms with E-state index in [1.807, 2.05) is 11.8 Å². The molecule has 1 rings (SSSR count). The molecule has 0 spiro atoms. The number of piperidine rings is 1. The van der Waals surface area contributed by atoms with Gasteiger partial charge >= 0.3 is 0 Å². The van der Waals surface area contributed by atoms with Crippen molar-refractivity contribution in [3.8, 4) is 0 Å². The van der Waals surface area contributed by atoms with Gasteiger partial charge in [0.25, 0.3) is 0 Å². The summed E-state index contributed by atoms with van der Waals surface area (Å²) in [6.45, 7) is 9.60. The lowest BCUT2D eigenvalue weighted by Gasteiger charge is -2.34. The van der Waals surface area contributed by atoms with Crippen molar-refractivity contribution >= 4 is 11.8 Å². The maximum absolute atomic E-state index is 12.2. The second kappa shape index (κ2) is 7.78. The average Bonchev–Trinajstić information content (AvgIpc) is 2.38. The van der Waals surface area contributed by atoms with Crippen LogP contribution in [0, 0.1) is 5.41 Å². The third-order valence-corrected chi connectivity index (χ3v) is 4.20. The summed E-state index contributed by atoms with van der Waals surface area (Å²) in [6.07, 6.45) is 3.53. The van der Waals surface area contributed by atoms with Crippen LogP contribution in [0.1, 0.15) is 59.8 Å². The molecule has 1 atom stereocenters. The molecule has 0 aromatic rings. The highest BCUT2D eigenvalue weighted by Crippen LogP contribution is 2.21. The van der Waals surface area contributed by atoms with Crippen molar-refractivity contribution in [3.05, 3.63) is 0 Å². The summed E-state index contributed by atoms with van der Waals surface area (Å²) in [4.78, 5) is 25.7. The first-order chi connectivity index (χ1) is 9.74. The lowest BCUT2D eigenvalue weighted by molar-refractivity contribution is -0.133. The SMILES string of the molecule is CCCC(=O)NC1CCN(C(=O)CC(N)C(C)(C)C)CC1. The van der Waals surface area contributed by atoms with Gasteiger partial charge in [-0.05, 0) is 24.7 Å². The smallest absolute Gasteiger partial charge is 0.224 e. The van der Waals surface area contributed by atoms with Crippen LogP contribution in [0.4, 0.5) is 0 Å². The molecular weight excluding hydrogens is 266 g/mol. The minimum absolute atomic E-state index is 0.0535. The normalized spacial score (nSPS) is 18.4. The van der Waals surface area contributed by atoms with Crippen LogP contribution in [-0.2, 0) is 9.59 Å². The van der Waals surface area contributed by atoms with E-state index in [0.29, 0.717) is 25.9 Å². The highest BCUT2D eigenvalue weighted by Gasteiger charge is 2.28. The minimum atomic E-state index is -0.119. The maximum Gasteiger partial charge on any atom is 0.224 e. The van der Waals surface area contributed by atoms with Crippen molar-refractivity contribution in [1.82, 2.24) is 10.2 Å². The van der Waals surface area contributed by atoms with Crippen LogP contribution in [0.5, 0.6) is 0 Å². The number of nitrogens with one attached hydrogen (secondary N) is 1. The molecule has 1 aliphatic rings. The maximum atomic E-state index is 12.2. The predicted octanol–water partition coefficient (Wildman–Crippen LogP) is 1.66. The number of carbonyl (C=O) groups is 2. The van der Waals surface area contributed by atoms with E-state index in [2.05, 4.69) is 26.1 Å². The van der Waals surface area contributed by atoms with E-state index < -0.39 is 0 Å². The predicted molar refractivity (Wildman–Crippen MR) is 84.7 cm³/mol. The third-order valence-electron chi connectivity index (χ3n) is 4.20. The minimum Gasteiger partial charge on any atom is -0.353 e. The van der Waals surface area contributed by atoms with Gasteiger partial charge in [-0.1, -0.05) is 27.7 Å². The molecule has 0 aliphatic carbocycles. The lowest BCUT2D eigenvalue weighted by atomic mass is 9.85. The zero-order valence-electron chi connectivity index (χ0n) is 13.9. The standard InChI is InChI=1S/C16H31N3O2/c1-5-6-14(20)18-12-7-9-19(10-8-12)15(21)11-13(17)16(2,3)4/h12-13H,5-11,17H2,1-4H3,(H,18,20). The molecule has 1 unspecified atom stereocenters. The summed E-state index contributed by atoms with van der Waals surface area (Å²) in [7, 11) is 0. The average molecular weight is 297 g/mol. The summed E-state index contributed by atoms with van der Waals surface area (Å²) in [5, 5.41) is 3.04. The Hall–Kier alpha value is -1.10. The molecule has 0 bridgehead atoms. The highest BCUT2D eigenvalue weighted by atomic mass is 16.2. The van der Waals surface area contributed by atoms with E-state index in [4.69, 9.17) is 5.73 Å². The summed E-state index contributed by atoms with van der Waals surface area (Å²) < 4.78 is 0. The zero-order valence-corrected chi connectivity index (χ0v) is 13.9. The first-order valence-corrected chi connectivity index (χ1v) is 8.06. The fourth-order valence-electron chi connectivity index (χ4n) is 2.42. The van der Waals surface area contributed by atoms with Crippen molar-refractivity contribution in [2.24, 2.45) is 11.1 Å². The number of hydrogen-bond acceptors (Lipinski definition) is 3. The Morgan fingerprint density at radius 1 is 1.29 bits per heavy atom. The fourth-order valence-corrected chi connectivity index (χ4v) is 2.42. The molecule has 0 radical (unpaired) electrons. The molecule has 1 fully saturated rings. The number of hydrogen-bond donors (Lipinski definition) is 2. The lowest BCUT2D eigenvalue weighted by Crippen LogP contribution is -2.48. The molecule has 5 heteroatoms. The van der Waals surface area contributed by atoms with Crippen molar-refractivity contribution in [1.29, 1.82) is 0 Å². The Morgan fingerprint density at radius 3 is 2.33 bits per heavy atom. The van der Waals surface area contributed by atoms with Gasteiger partial charge in [-0.15, -0.1) is 0 Å². The Balaban J connectivity index is 2.35. The first kappa shape index (κ1) is 18.0. The van der Waals surface area contributed by atoms with Gasteiger partial charge in [-0.2, -0.15) is 0 Å². The molecule has 2 amide bonds. The van der Waals surface area contributed by atoms with Crippen LogP contribution in [0.25, 0.3) is 0 Å². The van der Waals surface area contributed by atoms with Crippen LogP contribution in [-0.4, -0.2) is 41.9 Å². The summed E-state index contributed by atoms with van der Waals surface area (Å²) >= 11 is 0. The second-order valence-electron chi connectivity index (χ2n) is 7.15. The molecule has 3 N–H and O–H groups in total. The molecule has 0 aromatic heterocycles. The number of nitrogens with two attached hydrogens (primary N) is 1. The van der Waals surface area contributed by atoms with Crippen molar-refractivity contribution in [2.45, 2.75) is 71.9 Å². The molecule has 122 valence electrons. The Morgan fingerprint density at radius 2 is 1.86 bits per heavy atom. The Kier molecular flexibility index (Phi) is 6.65. The fraction of sp³-hybridized carbons (Fsp3) is 0.875. The van der Waals surface area contributed by atoms with Gasteiger partial charge in [0.1, 0.15) is 0 Å². The zero-order chi connectivity index (χ0) is 16.0. The van der Waals surface area contributed by atoms with Gasteiger partial charge in [0.2, 0.25) is 11.8 Å². The van der Waals surface area contributed by atoms with Crippen LogP contribution >= 0.6 is 0 Å². The van der Waals surface area contributed by atoms with E-state index in [-0.39, 0.29) is 29.3 Å². The van der Waals surface area contributed by atoms with Gasteiger partial charge in [0.05, 0.1) is 0 Å². The number of likely N-dealkylation sites (tertiary alicyclic amines) is 1. The van der Waals surface area contributed by atoms with Crippen LogP contribution in [0.15, 0.2) is 0 Å². The molecular formula is C16H31N3O2. The van der Waals surface area contributed by atoms with E-state index in [9.17, 15) is 9.59 Å². The topological polar surface area (TPSA) is 75.4 Å². The quantitative estimate of drug-likeness (QED) is 0.810. The number of carbonyl (C=O) groups excluding carboxylic acids is 2. The Bertz CT molecular complexity index is 355. The number of rotatable bonds is 5. The van der Waals surface area contributed by atoms with Crippen LogP contribution in [0.3, 0.4) is 0 Å². The second-order valence-corrected chi connectivity index (χ2v) is 7.15. The third kappa shape index (κ3) is 6.04. The first-order valence-electron chi connectivity index (χ1n) is 8.06. The van der Waals surface area contributed by atoms with E-state index in [0.717, 1.165) is 19.3 Å². The molecule has 1 aliphatic heterocycles. The molecule has 0 saturated carbocycles. The van der Waals surface area contributed by atoms with E-state index in [1.54, 1.807) is 0 Å². The van der Waals surface area contributed by atoms with Gasteiger partial charge in [-0.25, -0.2) is 0 Å². The van der Waals surface area contributed by atoms with Crippen molar-refractivity contribution in [2.75, 3.05) is 13.1 Å². The number of amides is 2. The summed E-state index contributed by atoms with van der Waals surface area (Å²) in [5.41, 5.74) is 6.03. The molecule has 1 saturated heterocycles. The molecule has 0 aromatic carbocycles. The van der Waals surface area contributed by atoms with Crippen molar-refractivity contribution < 1.29 is 9.59 Å². The molecule has 5 nitrogen and oxygen atoms in total. The largest absolute Gasteiger partial charge is 0.353 e. The van der Waals surface area contributed by atoms with Crippen LogP contribution in [0.2, 0.25) is 0 Å². The highest BCUT2D eigenvalue weighted by molar-refractivity contribution is 5.77. The van der Waals surface area contributed by atoms with Crippen molar-refractivity contribution in [3.63, 3.8) is 0 Å². The van der Waals surface area contributed by atoms with Crippen LogP contribution < -0.4 is 11.1 Å². The summed E-state index contributed by atoms with van der Waals surface area (Å²) in [6, 6.07) is 0.0939. The Labute approximate surface area is 128 Å². The van der Waals surface area contributed by atoms with E-state index in [1.165, 1.54) is 0 Å². The molecule has 1 heterocycles. The van der Waals surface area contributed by atoms with Gasteiger partial charge in [-0.3, -0.25) is 9.59 Å². The summed E-state index contributed by atoms with van der Waals surface area (Å²) in [5.74, 6) is 0.257. The van der Waals surface area contributed by atoms with Gasteiger partial charge in [0.15, 0.2) is 0 Å². The van der Waals surface area contributed by atoms with Gasteiger partial charge in [0, 0.05) is 38.0 Å².